The van der Waals surface area contributed by atoms with Crippen LogP contribution >= 0.6 is 0 Å². The first-order valence-electron chi connectivity index (χ1n) is 4.43. The molecule has 0 aliphatic heterocycles. The quantitative estimate of drug-likeness (QED) is 0.795. The van der Waals surface area contributed by atoms with E-state index in [1.165, 1.54) is 0 Å². The van der Waals surface area contributed by atoms with Gasteiger partial charge in [-0.15, -0.1) is 0 Å². The molecule has 0 aromatic heterocycles. The Bertz CT molecular complexity index is 368. The lowest BCUT2D eigenvalue weighted by Gasteiger charge is -2.06. The Morgan fingerprint density at radius 1 is 1.47 bits per heavy atom. The van der Waals surface area contributed by atoms with Gasteiger partial charge in [0.15, 0.2) is 0 Å². The molecular formula is C10H11F2NO2. The second-order valence-electron chi connectivity index (χ2n) is 3.22. The first-order chi connectivity index (χ1) is 7.00. The molecule has 82 valence electrons. The Kier molecular flexibility index (Phi) is 3.74. The van der Waals surface area contributed by atoms with E-state index in [-0.39, 0.29) is 18.4 Å². The highest BCUT2D eigenvalue weighted by Crippen LogP contribution is 2.12. The van der Waals surface area contributed by atoms with Crippen molar-refractivity contribution in [3.8, 4) is 0 Å². The molecule has 1 rings (SSSR count). The summed E-state index contributed by atoms with van der Waals surface area (Å²) in [6, 6.07) is 2.02. The zero-order valence-electron chi connectivity index (χ0n) is 7.91. The number of hydrogen-bond acceptors (Lipinski definition) is 2. The lowest BCUT2D eigenvalue weighted by Crippen LogP contribution is -2.30. The summed E-state index contributed by atoms with van der Waals surface area (Å²) in [4.78, 5) is 10.4. The van der Waals surface area contributed by atoms with Crippen LogP contribution < -0.4 is 5.73 Å². The van der Waals surface area contributed by atoms with Crippen LogP contribution in [0.1, 0.15) is 12.0 Å². The molecular weight excluding hydrogens is 204 g/mol. The number of benzene rings is 1. The molecule has 1 aromatic rings. The van der Waals surface area contributed by atoms with Crippen LogP contribution in [0.25, 0.3) is 0 Å². The molecule has 3 nitrogen and oxygen atoms in total. The maximum Gasteiger partial charge on any atom is 0.320 e. The molecule has 1 atom stereocenters. The van der Waals surface area contributed by atoms with Crippen LogP contribution in [0.4, 0.5) is 8.78 Å². The second kappa shape index (κ2) is 4.84. The Morgan fingerprint density at radius 2 is 2.13 bits per heavy atom. The van der Waals surface area contributed by atoms with E-state index >= 15 is 0 Å². The highest BCUT2D eigenvalue weighted by atomic mass is 19.1. The number of nitrogens with two attached hydrogens (primary N) is 1. The van der Waals surface area contributed by atoms with E-state index in [9.17, 15) is 13.6 Å². The molecule has 0 heterocycles. The van der Waals surface area contributed by atoms with E-state index in [4.69, 9.17) is 10.8 Å². The van der Waals surface area contributed by atoms with E-state index in [0.717, 1.165) is 18.2 Å². The molecule has 0 saturated heterocycles. The van der Waals surface area contributed by atoms with Gasteiger partial charge in [0.2, 0.25) is 0 Å². The van der Waals surface area contributed by atoms with Crippen molar-refractivity contribution < 1.29 is 18.7 Å². The fourth-order valence-electron chi connectivity index (χ4n) is 1.17. The van der Waals surface area contributed by atoms with Gasteiger partial charge < -0.3 is 10.8 Å². The largest absolute Gasteiger partial charge is 0.480 e. The lowest BCUT2D eigenvalue weighted by atomic mass is 10.1. The fourth-order valence-corrected chi connectivity index (χ4v) is 1.17. The maximum absolute atomic E-state index is 13.1. The van der Waals surface area contributed by atoms with Gasteiger partial charge in [-0.3, -0.25) is 4.79 Å². The van der Waals surface area contributed by atoms with Gasteiger partial charge in [0.1, 0.15) is 17.7 Å². The third-order valence-corrected chi connectivity index (χ3v) is 2.05. The average molecular weight is 215 g/mol. The molecule has 0 aliphatic carbocycles. The van der Waals surface area contributed by atoms with E-state index in [1.54, 1.807) is 0 Å². The smallest absolute Gasteiger partial charge is 0.320 e. The Labute approximate surface area is 85.5 Å². The number of carbonyl (C=O) groups is 1. The van der Waals surface area contributed by atoms with Crippen LogP contribution in [0.2, 0.25) is 0 Å². The third kappa shape index (κ3) is 3.28. The van der Waals surface area contributed by atoms with Crippen LogP contribution in [-0.2, 0) is 11.2 Å². The summed E-state index contributed by atoms with van der Waals surface area (Å²) in [6.45, 7) is 0. The molecule has 0 saturated carbocycles. The van der Waals surface area contributed by atoms with Crippen LogP contribution in [-0.4, -0.2) is 17.1 Å². The minimum Gasteiger partial charge on any atom is -0.480 e. The van der Waals surface area contributed by atoms with Gasteiger partial charge in [-0.05, 0) is 36.6 Å². The highest BCUT2D eigenvalue weighted by molar-refractivity contribution is 5.73. The fraction of sp³-hybridized carbons (Fsp3) is 0.300. The predicted octanol–water partition coefficient (Wildman–Crippen LogP) is 1.31. The number of hydrogen-bond donors (Lipinski definition) is 2. The van der Waals surface area contributed by atoms with Crippen LogP contribution in [0.5, 0.6) is 0 Å². The van der Waals surface area contributed by atoms with Crippen molar-refractivity contribution in [2.45, 2.75) is 18.9 Å². The standard InChI is InChI=1S/C10H11F2NO2/c11-7-2-3-8(12)6(5-7)1-4-9(13)10(14)15/h2-3,5,9H,1,4,13H2,(H,14,15)/t9-/m1/s1. The molecule has 0 amide bonds. The number of halogens is 2. The van der Waals surface area contributed by atoms with Crippen LogP contribution in [0.3, 0.4) is 0 Å². The first kappa shape index (κ1) is 11.6. The highest BCUT2D eigenvalue weighted by Gasteiger charge is 2.12. The zero-order chi connectivity index (χ0) is 11.4. The van der Waals surface area contributed by atoms with Gasteiger partial charge >= 0.3 is 5.97 Å². The molecule has 0 fully saturated rings. The van der Waals surface area contributed by atoms with Crippen LogP contribution in [0, 0.1) is 11.6 Å². The molecule has 15 heavy (non-hydrogen) atoms. The van der Waals surface area contributed by atoms with Crippen molar-refractivity contribution in [3.05, 3.63) is 35.4 Å². The lowest BCUT2D eigenvalue weighted by molar-refractivity contribution is -0.138. The average Bonchev–Trinajstić information content (AvgIpc) is 2.18. The minimum absolute atomic E-state index is 0.0791. The Morgan fingerprint density at radius 3 is 2.73 bits per heavy atom. The summed E-state index contributed by atoms with van der Waals surface area (Å²) in [5.74, 6) is -2.24. The van der Waals surface area contributed by atoms with Gasteiger partial charge in [0.25, 0.3) is 0 Å². The zero-order valence-corrected chi connectivity index (χ0v) is 7.91. The van der Waals surface area contributed by atoms with Gasteiger partial charge in [0, 0.05) is 0 Å². The summed E-state index contributed by atoms with van der Waals surface area (Å²) in [7, 11) is 0. The SMILES string of the molecule is N[C@H](CCc1cc(F)ccc1F)C(=O)O. The number of rotatable bonds is 4. The van der Waals surface area contributed by atoms with Gasteiger partial charge in [-0.1, -0.05) is 0 Å². The monoisotopic (exact) mass is 215 g/mol. The van der Waals surface area contributed by atoms with Gasteiger partial charge in [-0.25, -0.2) is 8.78 Å². The first-order valence-corrected chi connectivity index (χ1v) is 4.43. The number of aliphatic carboxylic acids is 1. The summed E-state index contributed by atoms with van der Waals surface area (Å²) in [6.07, 6.45) is 0.187. The van der Waals surface area contributed by atoms with Crippen molar-refractivity contribution in [1.82, 2.24) is 0 Å². The van der Waals surface area contributed by atoms with E-state index in [0.29, 0.717) is 0 Å². The molecule has 3 N–H and O–H groups in total. The van der Waals surface area contributed by atoms with Crippen molar-refractivity contribution in [2.75, 3.05) is 0 Å². The molecule has 0 spiro atoms. The van der Waals surface area contributed by atoms with E-state index in [2.05, 4.69) is 0 Å². The normalized spacial score (nSPS) is 12.5. The molecule has 5 heteroatoms. The van der Waals surface area contributed by atoms with Crippen LogP contribution in [0.15, 0.2) is 18.2 Å². The number of carboxylic acid groups (broad SMARTS) is 1. The van der Waals surface area contributed by atoms with E-state index < -0.39 is 23.6 Å². The van der Waals surface area contributed by atoms with Gasteiger partial charge in [-0.2, -0.15) is 0 Å². The molecule has 0 radical (unpaired) electrons. The Hall–Kier alpha value is -1.49. The molecule has 0 bridgehead atoms. The Balaban J connectivity index is 2.65. The van der Waals surface area contributed by atoms with Crippen molar-refractivity contribution in [2.24, 2.45) is 5.73 Å². The van der Waals surface area contributed by atoms with Crippen molar-refractivity contribution >= 4 is 5.97 Å². The molecule has 1 aromatic carbocycles. The van der Waals surface area contributed by atoms with Crippen molar-refractivity contribution in [1.29, 1.82) is 0 Å². The van der Waals surface area contributed by atoms with Gasteiger partial charge in [0.05, 0.1) is 0 Å². The maximum atomic E-state index is 13.1. The summed E-state index contributed by atoms with van der Waals surface area (Å²) >= 11 is 0. The minimum atomic E-state index is -1.15. The van der Waals surface area contributed by atoms with Crippen molar-refractivity contribution in [3.63, 3.8) is 0 Å². The summed E-state index contributed by atoms with van der Waals surface area (Å²) < 4.78 is 25.8. The molecule has 0 unspecified atom stereocenters. The number of carboxylic acids is 1. The van der Waals surface area contributed by atoms with E-state index in [1.807, 2.05) is 0 Å². The topological polar surface area (TPSA) is 63.3 Å². The third-order valence-electron chi connectivity index (χ3n) is 2.05. The number of aryl methyl sites for hydroxylation is 1. The summed E-state index contributed by atoms with van der Waals surface area (Å²) in [5, 5.41) is 8.49. The predicted molar refractivity (Wildman–Crippen MR) is 50.3 cm³/mol. The second-order valence-corrected chi connectivity index (χ2v) is 3.22. The molecule has 0 aliphatic rings. The summed E-state index contributed by atoms with van der Waals surface area (Å²) in [5.41, 5.74) is 5.38.